The van der Waals surface area contributed by atoms with Crippen molar-refractivity contribution in [2.75, 3.05) is 6.61 Å². The molecule has 0 atom stereocenters. The number of nitrogens with zero attached hydrogens (tertiary/aromatic N) is 2. The molecule has 2 aromatic carbocycles. The van der Waals surface area contributed by atoms with Crippen molar-refractivity contribution in [1.82, 2.24) is 9.55 Å². The third-order valence-corrected chi connectivity index (χ3v) is 3.33. The van der Waals surface area contributed by atoms with Crippen LogP contribution in [0.3, 0.4) is 0 Å². The van der Waals surface area contributed by atoms with Gasteiger partial charge in [-0.15, -0.1) is 0 Å². The molecule has 0 fully saturated rings. The summed E-state index contributed by atoms with van der Waals surface area (Å²) in [5, 5.41) is 0. The Labute approximate surface area is 123 Å². The predicted octanol–water partition coefficient (Wildman–Crippen LogP) is 3.32. The van der Waals surface area contributed by atoms with Crippen molar-refractivity contribution in [1.29, 1.82) is 0 Å². The topological polar surface area (TPSA) is 44.1 Å². The van der Waals surface area contributed by atoms with Crippen LogP contribution in [0.25, 0.3) is 11.0 Å². The van der Waals surface area contributed by atoms with Gasteiger partial charge in [0, 0.05) is 5.56 Å². The van der Waals surface area contributed by atoms with Gasteiger partial charge < -0.3 is 9.30 Å². The number of Topliss-reactive ketones (excluding diaryl/α,β-unsaturated/α-hetero) is 1. The second kappa shape index (κ2) is 5.79. The molecule has 4 nitrogen and oxygen atoms in total. The van der Waals surface area contributed by atoms with Crippen LogP contribution in [0, 0.1) is 0 Å². The first-order valence-corrected chi connectivity index (χ1v) is 6.94. The van der Waals surface area contributed by atoms with Crippen LogP contribution in [0.4, 0.5) is 0 Å². The number of carbonyl (C=O) groups excluding carboxylic acids is 1. The molecular formula is C17H16N2O2. The number of ketones is 1. The standard InChI is InChI=1S/C17H16N2O2/c1-2-21-14-9-7-13(8-10-14)17(20)11-19-12-18-15-5-3-4-6-16(15)19/h3-10,12H,2,11H2,1H3. The molecule has 0 amide bonds. The molecule has 0 radical (unpaired) electrons. The lowest BCUT2D eigenvalue weighted by Gasteiger charge is -2.06. The molecule has 0 saturated carbocycles. The van der Waals surface area contributed by atoms with E-state index in [-0.39, 0.29) is 12.3 Å². The van der Waals surface area contributed by atoms with Gasteiger partial charge in [-0.3, -0.25) is 4.79 Å². The van der Waals surface area contributed by atoms with Crippen molar-refractivity contribution in [3.63, 3.8) is 0 Å². The van der Waals surface area contributed by atoms with Crippen LogP contribution in [-0.2, 0) is 6.54 Å². The molecule has 0 N–H and O–H groups in total. The average Bonchev–Trinajstić information content (AvgIpc) is 2.92. The quantitative estimate of drug-likeness (QED) is 0.673. The van der Waals surface area contributed by atoms with E-state index in [2.05, 4.69) is 4.98 Å². The highest BCUT2D eigenvalue weighted by Gasteiger charge is 2.09. The maximum absolute atomic E-state index is 12.3. The smallest absolute Gasteiger partial charge is 0.182 e. The predicted molar refractivity (Wildman–Crippen MR) is 81.7 cm³/mol. The molecule has 0 spiro atoms. The van der Waals surface area contributed by atoms with E-state index in [9.17, 15) is 4.79 Å². The summed E-state index contributed by atoms with van der Waals surface area (Å²) in [4.78, 5) is 16.6. The molecule has 106 valence electrons. The van der Waals surface area contributed by atoms with Crippen LogP contribution in [0.15, 0.2) is 54.9 Å². The Kier molecular flexibility index (Phi) is 3.69. The van der Waals surface area contributed by atoms with E-state index in [4.69, 9.17) is 4.74 Å². The first-order chi connectivity index (χ1) is 10.3. The van der Waals surface area contributed by atoms with E-state index in [0.717, 1.165) is 16.8 Å². The summed E-state index contributed by atoms with van der Waals surface area (Å²) in [6.45, 7) is 2.84. The zero-order chi connectivity index (χ0) is 14.7. The Morgan fingerprint density at radius 2 is 1.90 bits per heavy atom. The van der Waals surface area contributed by atoms with E-state index in [1.165, 1.54) is 0 Å². The molecule has 1 aromatic heterocycles. The zero-order valence-corrected chi connectivity index (χ0v) is 11.8. The van der Waals surface area contributed by atoms with Crippen LogP contribution in [0.2, 0.25) is 0 Å². The number of carbonyl (C=O) groups is 1. The number of fused-ring (bicyclic) bond motifs is 1. The highest BCUT2D eigenvalue weighted by molar-refractivity contribution is 5.96. The molecule has 0 aliphatic heterocycles. The Balaban J connectivity index is 1.79. The van der Waals surface area contributed by atoms with E-state index >= 15 is 0 Å². The lowest BCUT2D eigenvalue weighted by molar-refractivity contribution is 0.0973. The number of para-hydroxylation sites is 2. The first kappa shape index (κ1) is 13.4. The molecule has 1 heterocycles. The highest BCUT2D eigenvalue weighted by atomic mass is 16.5. The number of hydrogen-bond donors (Lipinski definition) is 0. The fourth-order valence-corrected chi connectivity index (χ4v) is 2.29. The monoisotopic (exact) mass is 280 g/mol. The van der Waals surface area contributed by atoms with Gasteiger partial charge in [0.25, 0.3) is 0 Å². The molecule has 21 heavy (non-hydrogen) atoms. The van der Waals surface area contributed by atoms with E-state index in [0.29, 0.717) is 12.2 Å². The van der Waals surface area contributed by atoms with Gasteiger partial charge in [0.15, 0.2) is 5.78 Å². The minimum atomic E-state index is 0.0567. The number of rotatable bonds is 5. The highest BCUT2D eigenvalue weighted by Crippen LogP contribution is 2.15. The molecule has 3 aromatic rings. The fourth-order valence-electron chi connectivity index (χ4n) is 2.29. The zero-order valence-electron chi connectivity index (χ0n) is 11.8. The van der Waals surface area contributed by atoms with Crippen molar-refractivity contribution in [2.24, 2.45) is 0 Å². The number of benzene rings is 2. The van der Waals surface area contributed by atoms with Gasteiger partial charge in [-0.05, 0) is 43.3 Å². The van der Waals surface area contributed by atoms with Crippen LogP contribution in [0.1, 0.15) is 17.3 Å². The second-order valence-corrected chi connectivity index (χ2v) is 4.74. The summed E-state index contributed by atoms with van der Waals surface area (Å²) in [5.74, 6) is 0.836. The first-order valence-electron chi connectivity index (χ1n) is 6.94. The Hall–Kier alpha value is -2.62. The van der Waals surface area contributed by atoms with E-state index < -0.39 is 0 Å². The minimum absolute atomic E-state index is 0.0567. The lowest BCUT2D eigenvalue weighted by Crippen LogP contribution is -2.09. The van der Waals surface area contributed by atoms with E-state index in [1.54, 1.807) is 18.5 Å². The fraction of sp³-hybridized carbons (Fsp3) is 0.176. The number of hydrogen-bond acceptors (Lipinski definition) is 3. The second-order valence-electron chi connectivity index (χ2n) is 4.74. The van der Waals surface area contributed by atoms with Crippen molar-refractivity contribution < 1.29 is 9.53 Å². The van der Waals surface area contributed by atoms with Crippen LogP contribution in [-0.4, -0.2) is 21.9 Å². The van der Waals surface area contributed by atoms with Crippen molar-refractivity contribution in [2.45, 2.75) is 13.5 Å². The number of aromatic nitrogens is 2. The summed E-state index contributed by atoms with van der Waals surface area (Å²) in [6.07, 6.45) is 1.71. The molecule has 0 saturated heterocycles. The summed E-state index contributed by atoms with van der Waals surface area (Å²) >= 11 is 0. The van der Waals surface area contributed by atoms with Gasteiger partial charge in [0.05, 0.1) is 30.5 Å². The maximum Gasteiger partial charge on any atom is 0.182 e. The molecule has 0 aliphatic rings. The number of imidazole rings is 1. The Bertz CT molecular complexity index is 760. The van der Waals surface area contributed by atoms with Gasteiger partial charge in [-0.1, -0.05) is 12.1 Å². The molecular weight excluding hydrogens is 264 g/mol. The van der Waals surface area contributed by atoms with Crippen LogP contribution in [0.5, 0.6) is 5.75 Å². The molecule has 0 unspecified atom stereocenters. The largest absolute Gasteiger partial charge is 0.494 e. The van der Waals surface area contributed by atoms with Crippen LogP contribution < -0.4 is 4.74 Å². The average molecular weight is 280 g/mol. The van der Waals surface area contributed by atoms with Gasteiger partial charge in [0.2, 0.25) is 0 Å². The van der Waals surface area contributed by atoms with Gasteiger partial charge in [-0.25, -0.2) is 4.98 Å². The Morgan fingerprint density at radius 3 is 2.67 bits per heavy atom. The van der Waals surface area contributed by atoms with Gasteiger partial charge in [0.1, 0.15) is 5.75 Å². The minimum Gasteiger partial charge on any atom is -0.494 e. The molecule has 0 bridgehead atoms. The van der Waals surface area contributed by atoms with Gasteiger partial charge >= 0.3 is 0 Å². The molecule has 0 aliphatic carbocycles. The lowest BCUT2D eigenvalue weighted by atomic mass is 10.1. The number of ether oxygens (including phenoxy) is 1. The summed E-state index contributed by atoms with van der Waals surface area (Å²) in [7, 11) is 0. The molecule has 3 rings (SSSR count). The van der Waals surface area contributed by atoms with E-state index in [1.807, 2.05) is 47.9 Å². The van der Waals surface area contributed by atoms with Gasteiger partial charge in [-0.2, -0.15) is 0 Å². The normalized spacial score (nSPS) is 10.7. The third kappa shape index (κ3) is 2.79. The van der Waals surface area contributed by atoms with Crippen molar-refractivity contribution >= 4 is 16.8 Å². The maximum atomic E-state index is 12.3. The SMILES string of the molecule is CCOc1ccc(C(=O)Cn2cnc3ccccc32)cc1. The summed E-state index contributed by atoms with van der Waals surface area (Å²) in [6, 6.07) is 15.0. The summed E-state index contributed by atoms with van der Waals surface area (Å²) < 4.78 is 7.25. The third-order valence-electron chi connectivity index (χ3n) is 3.33. The van der Waals surface area contributed by atoms with Crippen LogP contribution >= 0.6 is 0 Å². The van der Waals surface area contributed by atoms with Crippen molar-refractivity contribution in [3.05, 3.63) is 60.4 Å². The Morgan fingerprint density at radius 1 is 1.14 bits per heavy atom. The molecule has 4 heteroatoms. The summed E-state index contributed by atoms with van der Waals surface area (Å²) in [5.41, 5.74) is 2.55. The van der Waals surface area contributed by atoms with Crippen molar-refractivity contribution in [3.8, 4) is 5.75 Å².